The number of nitrogens with zero attached hydrogens (tertiary/aromatic N) is 1. The zero-order chi connectivity index (χ0) is 31.4. The van der Waals surface area contributed by atoms with Gasteiger partial charge in [-0.2, -0.15) is 0 Å². The maximum atomic E-state index is 13.0. The summed E-state index contributed by atoms with van der Waals surface area (Å²) in [6, 6.07) is 20.5. The first kappa shape index (κ1) is 32.4. The number of amides is 4. The number of hydrogen-bond acceptors (Lipinski definition) is 9. The average molecular weight is 610 g/mol. The van der Waals surface area contributed by atoms with Gasteiger partial charge in [0.15, 0.2) is 0 Å². The highest BCUT2D eigenvalue weighted by molar-refractivity contribution is 8.14. The van der Waals surface area contributed by atoms with Gasteiger partial charge in [-0.1, -0.05) is 54.2 Å². The lowest BCUT2D eigenvalue weighted by molar-refractivity contribution is -0.383. The Bertz CT molecular complexity index is 1450. The molecule has 4 N–H and O–H groups in total. The van der Waals surface area contributed by atoms with Crippen molar-refractivity contribution in [1.29, 1.82) is 0 Å². The third-order valence-corrected chi connectivity index (χ3v) is 6.12. The highest BCUT2D eigenvalue weighted by Crippen LogP contribution is 2.24. The number of nitrogens with one attached hydrogen (secondary N) is 4. The van der Waals surface area contributed by atoms with Gasteiger partial charge in [-0.25, -0.2) is 4.79 Å². The Morgan fingerprint density at radius 2 is 1.51 bits per heavy atom. The monoisotopic (exact) mass is 609 g/mol. The van der Waals surface area contributed by atoms with Crippen molar-refractivity contribution in [2.24, 2.45) is 0 Å². The van der Waals surface area contributed by atoms with Crippen LogP contribution in [0, 0.1) is 10.1 Å². The predicted octanol–water partition coefficient (Wildman–Crippen LogP) is 4.94. The molecular formula is C29H31N5O8S. The summed E-state index contributed by atoms with van der Waals surface area (Å²) in [6.07, 6.45) is -0.776. The van der Waals surface area contributed by atoms with Gasteiger partial charge in [0.2, 0.25) is 5.91 Å². The van der Waals surface area contributed by atoms with Crippen LogP contribution in [-0.4, -0.2) is 45.5 Å². The van der Waals surface area contributed by atoms with Gasteiger partial charge in [0, 0.05) is 12.5 Å². The van der Waals surface area contributed by atoms with Gasteiger partial charge in [0.05, 0.1) is 10.7 Å². The van der Waals surface area contributed by atoms with Crippen LogP contribution in [0.25, 0.3) is 0 Å². The van der Waals surface area contributed by atoms with E-state index in [4.69, 9.17) is 9.47 Å². The van der Waals surface area contributed by atoms with Crippen molar-refractivity contribution in [3.63, 3.8) is 0 Å². The molecule has 14 heteroatoms. The van der Waals surface area contributed by atoms with E-state index in [0.29, 0.717) is 28.8 Å². The molecule has 0 aromatic heterocycles. The quantitative estimate of drug-likeness (QED) is 0.183. The molecule has 1 atom stereocenters. The lowest BCUT2D eigenvalue weighted by atomic mass is 10.1. The molecule has 0 aliphatic heterocycles. The molecular weight excluding hydrogens is 578 g/mol. The van der Waals surface area contributed by atoms with Gasteiger partial charge in [0.1, 0.15) is 28.8 Å². The first-order chi connectivity index (χ1) is 20.4. The zero-order valence-corrected chi connectivity index (χ0v) is 24.4. The summed E-state index contributed by atoms with van der Waals surface area (Å²) in [5.41, 5.74) is 3.98. The van der Waals surface area contributed by atoms with E-state index in [1.165, 1.54) is 24.3 Å². The van der Waals surface area contributed by atoms with Crippen molar-refractivity contribution < 1.29 is 33.6 Å². The van der Waals surface area contributed by atoms with Crippen LogP contribution in [0.1, 0.15) is 26.3 Å². The van der Waals surface area contributed by atoms with Crippen LogP contribution in [0.5, 0.6) is 11.5 Å². The highest BCUT2D eigenvalue weighted by Gasteiger charge is 2.25. The fourth-order valence-electron chi connectivity index (χ4n) is 3.50. The van der Waals surface area contributed by atoms with Gasteiger partial charge in [0.25, 0.3) is 16.8 Å². The van der Waals surface area contributed by atoms with E-state index in [-0.39, 0.29) is 23.5 Å². The summed E-state index contributed by atoms with van der Waals surface area (Å²) in [7, 11) is 0. The molecule has 0 radical (unpaired) electrons. The van der Waals surface area contributed by atoms with Crippen LogP contribution in [0.3, 0.4) is 0 Å². The van der Waals surface area contributed by atoms with Crippen LogP contribution in [-0.2, 0) is 20.7 Å². The zero-order valence-electron chi connectivity index (χ0n) is 23.6. The molecule has 226 valence electrons. The molecule has 0 unspecified atom stereocenters. The summed E-state index contributed by atoms with van der Waals surface area (Å²) in [4.78, 5) is 60.4. The molecule has 0 heterocycles. The standard InChI is InChI=1S/C29H31N5O8S/c1-29(2,3)42-27(37)31-23(17-19-13-15-21(16-14-19)41-20-9-5-4-6-10-20)26(36)32-33-28(38)43-18-25(35)30-22-11-7-8-12-24(22)34(39)40/h4-16,23H,17-18H2,1-3H3,(H,30,35)(H,31,37)(H,32,36)(H,33,38)/t23-/m0/s1. The Kier molecular flexibility index (Phi) is 11.5. The summed E-state index contributed by atoms with van der Waals surface area (Å²) < 4.78 is 11.1. The van der Waals surface area contributed by atoms with Crippen molar-refractivity contribution in [2.75, 3.05) is 11.1 Å². The molecule has 13 nitrogen and oxygen atoms in total. The second-order valence-electron chi connectivity index (χ2n) is 9.97. The largest absolute Gasteiger partial charge is 0.457 e. The Balaban J connectivity index is 1.56. The van der Waals surface area contributed by atoms with Gasteiger partial charge in [-0.3, -0.25) is 35.3 Å². The molecule has 0 saturated carbocycles. The van der Waals surface area contributed by atoms with E-state index in [1.54, 1.807) is 45.0 Å². The smallest absolute Gasteiger partial charge is 0.408 e. The second-order valence-corrected chi connectivity index (χ2v) is 10.9. The van der Waals surface area contributed by atoms with Crippen molar-refractivity contribution in [1.82, 2.24) is 16.2 Å². The number of carbonyl (C=O) groups excluding carboxylic acids is 4. The number of alkyl carbamates (subject to hydrolysis) is 1. The molecule has 4 amide bonds. The van der Waals surface area contributed by atoms with Crippen LogP contribution in [0.15, 0.2) is 78.9 Å². The minimum atomic E-state index is -1.14. The number of carbonyl (C=O) groups is 4. The van der Waals surface area contributed by atoms with Gasteiger partial charge >= 0.3 is 6.09 Å². The minimum Gasteiger partial charge on any atom is -0.457 e. The van der Waals surface area contributed by atoms with Gasteiger partial charge in [-0.05, 0) is 56.7 Å². The third-order valence-electron chi connectivity index (χ3n) is 5.35. The fourth-order valence-corrected chi connectivity index (χ4v) is 3.96. The Morgan fingerprint density at radius 3 is 2.16 bits per heavy atom. The van der Waals surface area contributed by atoms with E-state index in [2.05, 4.69) is 21.5 Å². The molecule has 43 heavy (non-hydrogen) atoms. The second kappa shape index (κ2) is 15.2. The van der Waals surface area contributed by atoms with Crippen molar-refractivity contribution >= 4 is 46.3 Å². The number of hydrazine groups is 1. The number of nitro groups is 1. The minimum absolute atomic E-state index is 0.0115. The fraction of sp³-hybridized carbons (Fsp3) is 0.241. The third kappa shape index (κ3) is 11.4. The Labute approximate surface area is 251 Å². The lowest BCUT2D eigenvalue weighted by Gasteiger charge is -2.23. The molecule has 0 saturated heterocycles. The van der Waals surface area contributed by atoms with Crippen LogP contribution in [0.4, 0.5) is 21.0 Å². The molecule has 0 spiro atoms. The van der Waals surface area contributed by atoms with E-state index in [9.17, 15) is 29.3 Å². The maximum absolute atomic E-state index is 13.0. The molecule has 0 aliphatic rings. The first-order valence-corrected chi connectivity index (χ1v) is 14.0. The molecule has 3 rings (SSSR count). The first-order valence-electron chi connectivity index (χ1n) is 13.0. The van der Waals surface area contributed by atoms with Crippen LogP contribution >= 0.6 is 11.8 Å². The van der Waals surface area contributed by atoms with E-state index in [0.717, 1.165) is 0 Å². The SMILES string of the molecule is CC(C)(C)OC(=O)N[C@@H](Cc1ccc(Oc2ccccc2)cc1)C(=O)NNC(=O)SCC(=O)Nc1ccccc1[N+](=O)[O-]. The number of rotatable bonds is 10. The van der Waals surface area contributed by atoms with Crippen molar-refractivity contribution in [3.05, 3.63) is 94.5 Å². The summed E-state index contributed by atoms with van der Waals surface area (Å²) in [6.45, 7) is 5.03. The molecule has 0 bridgehead atoms. The van der Waals surface area contributed by atoms with Gasteiger partial charge < -0.3 is 20.1 Å². The summed E-state index contributed by atoms with van der Waals surface area (Å²) in [5.74, 6) is -0.554. The predicted molar refractivity (Wildman–Crippen MR) is 161 cm³/mol. The van der Waals surface area contributed by atoms with E-state index < -0.39 is 39.7 Å². The number of nitro benzene ring substituents is 1. The number of hydrogen-bond donors (Lipinski definition) is 4. The molecule has 3 aromatic carbocycles. The topological polar surface area (TPSA) is 178 Å². The van der Waals surface area contributed by atoms with Crippen LogP contribution in [0.2, 0.25) is 0 Å². The molecule has 0 fully saturated rings. The number of benzene rings is 3. The number of para-hydroxylation sites is 3. The van der Waals surface area contributed by atoms with Crippen molar-refractivity contribution in [2.45, 2.75) is 38.8 Å². The average Bonchev–Trinajstić information content (AvgIpc) is 2.95. The summed E-state index contributed by atoms with van der Waals surface area (Å²) in [5, 5.41) is 15.2. The molecule has 0 aliphatic carbocycles. The Hall–Kier alpha value is -5.11. The van der Waals surface area contributed by atoms with Crippen molar-refractivity contribution in [3.8, 4) is 11.5 Å². The van der Waals surface area contributed by atoms with E-state index in [1.807, 2.05) is 30.3 Å². The highest BCUT2D eigenvalue weighted by atomic mass is 32.2. The Morgan fingerprint density at radius 1 is 0.884 bits per heavy atom. The van der Waals surface area contributed by atoms with Crippen LogP contribution < -0.4 is 26.2 Å². The number of anilines is 1. The maximum Gasteiger partial charge on any atom is 0.408 e. The number of thioether (sulfide) groups is 1. The van der Waals surface area contributed by atoms with E-state index >= 15 is 0 Å². The van der Waals surface area contributed by atoms with Gasteiger partial charge in [-0.15, -0.1) is 0 Å². The normalized spacial score (nSPS) is 11.4. The molecule has 3 aromatic rings. The number of ether oxygens (including phenoxy) is 2. The summed E-state index contributed by atoms with van der Waals surface area (Å²) >= 11 is 0.527. The lowest BCUT2D eigenvalue weighted by Crippen LogP contribution is -2.53.